The SMILES string of the molecule is CC1NC(=O)CCC1NC(=O)CO. The summed E-state index contributed by atoms with van der Waals surface area (Å²) in [4.78, 5) is 21.7. The van der Waals surface area contributed by atoms with Gasteiger partial charge in [0.1, 0.15) is 6.61 Å². The van der Waals surface area contributed by atoms with Crippen LogP contribution in [0.15, 0.2) is 0 Å². The summed E-state index contributed by atoms with van der Waals surface area (Å²) in [6.45, 7) is 1.33. The zero-order chi connectivity index (χ0) is 9.84. The monoisotopic (exact) mass is 186 g/mol. The Morgan fingerprint density at radius 2 is 2.46 bits per heavy atom. The fraction of sp³-hybridized carbons (Fsp3) is 0.750. The van der Waals surface area contributed by atoms with E-state index < -0.39 is 12.5 Å². The van der Waals surface area contributed by atoms with Gasteiger partial charge in [0.05, 0.1) is 0 Å². The van der Waals surface area contributed by atoms with Gasteiger partial charge in [-0.3, -0.25) is 9.59 Å². The number of carbonyl (C=O) groups is 2. The summed E-state index contributed by atoms with van der Waals surface area (Å²) in [5, 5.41) is 13.9. The second-order valence-electron chi connectivity index (χ2n) is 3.23. The van der Waals surface area contributed by atoms with Crippen molar-refractivity contribution in [2.45, 2.75) is 31.8 Å². The first-order valence-corrected chi connectivity index (χ1v) is 4.33. The van der Waals surface area contributed by atoms with Crippen LogP contribution in [0.1, 0.15) is 19.8 Å². The molecular formula is C8H14N2O3. The van der Waals surface area contributed by atoms with Crippen molar-refractivity contribution >= 4 is 11.8 Å². The Balaban J connectivity index is 2.42. The molecule has 1 aliphatic rings. The first-order valence-electron chi connectivity index (χ1n) is 4.33. The lowest BCUT2D eigenvalue weighted by Gasteiger charge is -2.29. The zero-order valence-electron chi connectivity index (χ0n) is 7.54. The molecule has 0 radical (unpaired) electrons. The largest absolute Gasteiger partial charge is 0.387 e. The fourth-order valence-electron chi connectivity index (χ4n) is 1.41. The lowest BCUT2D eigenvalue weighted by molar-refractivity contribution is -0.128. The van der Waals surface area contributed by atoms with Crippen molar-refractivity contribution in [1.29, 1.82) is 0 Å². The summed E-state index contributed by atoms with van der Waals surface area (Å²) in [5.74, 6) is -0.380. The highest BCUT2D eigenvalue weighted by atomic mass is 16.3. The minimum absolute atomic E-state index is 0.0157. The fourth-order valence-corrected chi connectivity index (χ4v) is 1.41. The number of aliphatic hydroxyl groups excluding tert-OH is 1. The number of carbonyl (C=O) groups excluding carboxylic acids is 2. The van der Waals surface area contributed by atoms with Crippen molar-refractivity contribution in [3.63, 3.8) is 0 Å². The topological polar surface area (TPSA) is 78.4 Å². The van der Waals surface area contributed by atoms with Crippen LogP contribution >= 0.6 is 0 Å². The smallest absolute Gasteiger partial charge is 0.245 e. The van der Waals surface area contributed by atoms with Crippen molar-refractivity contribution in [1.82, 2.24) is 10.6 Å². The summed E-state index contributed by atoms with van der Waals surface area (Å²) < 4.78 is 0. The Hall–Kier alpha value is -1.10. The lowest BCUT2D eigenvalue weighted by Crippen LogP contribution is -2.54. The van der Waals surface area contributed by atoms with Crippen LogP contribution in [0.25, 0.3) is 0 Å². The maximum atomic E-state index is 10.9. The Bertz CT molecular complexity index is 217. The molecular weight excluding hydrogens is 172 g/mol. The van der Waals surface area contributed by atoms with Gasteiger partial charge >= 0.3 is 0 Å². The van der Waals surface area contributed by atoms with Gasteiger partial charge in [0, 0.05) is 18.5 Å². The number of rotatable bonds is 2. The first kappa shape index (κ1) is 9.98. The lowest BCUT2D eigenvalue weighted by atomic mass is 9.99. The van der Waals surface area contributed by atoms with E-state index in [4.69, 9.17) is 5.11 Å². The van der Waals surface area contributed by atoms with Gasteiger partial charge in [-0.2, -0.15) is 0 Å². The summed E-state index contributed by atoms with van der Waals surface area (Å²) in [5.41, 5.74) is 0. The Kier molecular flexibility index (Phi) is 3.25. The Labute approximate surface area is 76.5 Å². The van der Waals surface area contributed by atoms with E-state index in [0.29, 0.717) is 12.8 Å². The maximum Gasteiger partial charge on any atom is 0.245 e. The van der Waals surface area contributed by atoms with Crippen molar-refractivity contribution in [3.05, 3.63) is 0 Å². The van der Waals surface area contributed by atoms with Crippen LogP contribution in [-0.4, -0.2) is 35.6 Å². The van der Waals surface area contributed by atoms with E-state index in [1.807, 2.05) is 6.92 Å². The highest BCUT2D eigenvalue weighted by Gasteiger charge is 2.25. The van der Waals surface area contributed by atoms with Crippen LogP contribution in [0.4, 0.5) is 0 Å². The molecule has 1 heterocycles. The van der Waals surface area contributed by atoms with E-state index in [1.165, 1.54) is 0 Å². The van der Waals surface area contributed by atoms with Crippen LogP contribution in [0.2, 0.25) is 0 Å². The third-order valence-corrected chi connectivity index (χ3v) is 2.16. The molecule has 2 unspecified atom stereocenters. The van der Waals surface area contributed by atoms with Crippen LogP contribution in [0, 0.1) is 0 Å². The number of nitrogens with one attached hydrogen (secondary N) is 2. The van der Waals surface area contributed by atoms with Crippen molar-refractivity contribution < 1.29 is 14.7 Å². The van der Waals surface area contributed by atoms with E-state index in [9.17, 15) is 9.59 Å². The van der Waals surface area contributed by atoms with E-state index >= 15 is 0 Å². The molecule has 0 saturated carbocycles. The normalized spacial score (nSPS) is 28.0. The van der Waals surface area contributed by atoms with Crippen molar-refractivity contribution in [3.8, 4) is 0 Å². The Morgan fingerprint density at radius 1 is 1.77 bits per heavy atom. The average molecular weight is 186 g/mol. The minimum Gasteiger partial charge on any atom is -0.387 e. The van der Waals surface area contributed by atoms with Gasteiger partial charge < -0.3 is 15.7 Å². The van der Waals surface area contributed by atoms with Crippen LogP contribution in [-0.2, 0) is 9.59 Å². The molecule has 0 aromatic carbocycles. The summed E-state index contributed by atoms with van der Waals surface area (Å²) in [6.07, 6.45) is 1.07. The Morgan fingerprint density at radius 3 is 3.00 bits per heavy atom. The second-order valence-corrected chi connectivity index (χ2v) is 3.23. The van der Waals surface area contributed by atoms with Gasteiger partial charge in [-0.05, 0) is 13.3 Å². The molecule has 5 heteroatoms. The van der Waals surface area contributed by atoms with Gasteiger partial charge in [-0.25, -0.2) is 0 Å². The molecule has 3 N–H and O–H groups in total. The molecule has 0 aromatic rings. The van der Waals surface area contributed by atoms with E-state index in [-0.39, 0.29) is 18.0 Å². The van der Waals surface area contributed by atoms with Crippen molar-refractivity contribution in [2.24, 2.45) is 0 Å². The minimum atomic E-state index is -0.503. The van der Waals surface area contributed by atoms with Crippen LogP contribution in [0.3, 0.4) is 0 Å². The number of amides is 2. The summed E-state index contributed by atoms with van der Waals surface area (Å²) in [7, 11) is 0. The van der Waals surface area contributed by atoms with E-state index in [2.05, 4.69) is 10.6 Å². The van der Waals surface area contributed by atoms with Gasteiger partial charge in [0.2, 0.25) is 11.8 Å². The van der Waals surface area contributed by atoms with Gasteiger partial charge in [-0.1, -0.05) is 0 Å². The van der Waals surface area contributed by atoms with Crippen molar-refractivity contribution in [2.75, 3.05) is 6.61 Å². The van der Waals surface area contributed by atoms with Gasteiger partial charge in [-0.15, -0.1) is 0 Å². The maximum absolute atomic E-state index is 10.9. The van der Waals surface area contributed by atoms with Crippen LogP contribution in [0.5, 0.6) is 0 Å². The molecule has 2 atom stereocenters. The number of hydrogen-bond acceptors (Lipinski definition) is 3. The summed E-state index contributed by atoms with van der Waals surface area (Å²) in [6, 6.07) is -0.117. The molecule has 0 aromatic heterocycles. The molecule has 0 spiro atoms. The quantitative estimate of drug-likeness (QED) is 0.505. The first-order chi connectivity index (χ1) is 6.13. The van der Waals surface area contributed by atoms with Gasteiger partial charge in [0.25, 0.3) is 0 Å². The molecule has 1 aliphatic heterocycles. The second kappa shape index (κ2) is 4.23. The number of aliphatic hydroxyl groups is 1. The molecule has 1 saturated heterocycles. The summed E-state index contributed by atoms with van der Waals surface area (Å²) >= 11 is 0. The standard InChI is InChI=1S/C8H14N2O3/c1-5-6(10-8(13)4-11)2-3-7(12)9-5/h5-6,11H,2-4H2,1H3,(H,9,12)(H,10,13). The molecule has 1 fully saturated rings. The zero-order valence-corrected chi connectivity index (χ0v) is 7.54. The molecule has 13 heavy (non-hydrogen) atoms. The number of piperidine rings is 1. The molecule has 2 amide bonds. The molecule has 5 nitrogen and oxygen atoms in total. The highest BCUT2D eigenvalue weighted by Crippen LogP contribution is 2.08. The molecule has 74 valence electrons. The number of hydrogen-bond donors (Lipinski definition) is 3. The third kappa shape index (κ3) is 2.69. The third-order valence-electron chi connectivity index (χ3n) is 2.16. The van der Waals surface area contributed by atoms with E-state index in [1.54, 1.807) is 0 Å². The molecule has 1 rings (SSSR count). The predicted octanol–water partition coefficient (Wildman–Crippen LogP) is -1.24. The molecule has 0 aliphatic carbocycles. The van der Waals surface area contributed by atoms with E-state index in [0.717, 1.165) is 0 Å². The van der Waals surface area contributed by atoms with Gasteiger partial charge in [0.15, 0.2) is 0 Å². The predicted molar refractivity (Wildman–Crippen MR) is 45.9 cm³/mol. The molecule has 0 bridgehead atoms. The highest BCUT2D eigenvalue weighted by molar-refractivity contribution is 5.79. The van der Waals surface area contributed by atoms with Crippen LogP contribution < -0.4 is 10.6 Å². The average Bonchev–Trinajstić information content (AvgIpc) is 2.09.